The topological polar surface area (TPSA) is 77.5 Å². The normalized spacial score (nSPS) is 12.4. The SMILES string of the molecule is COC(CN)CC(=O)NCc1ccco1. The van der Waals surface area contributed by atoms with Crippen LogP contribution in [0.2, 0.25) is 0 Å². The van der Waals surface area contributed by atoms with E-state index < -0.39 is 0 Å². The smallest absolute Gasteiger partial charge is 0.223 e. The first-order valence-electron chi connectivity index (χ1n) is 4.78. The third kappa shape index (κ3) is 4.14. The van der Waals surface area contributed by atoms with Crippen LogP contribution < -0.4 is 11.1 Å². The summed E-state index contributed by atoms with van der Waals surface area (Å²) in [4.78, 5) is 11.4. The third-order valence-corrected chi connectivity index (χ3v) is 2.05. The van der Waals surface area contributed by atoms with Crippen LogP contribution in [0.1, 0.15) is 12.2 Å². The van der Waals surface area contributed by atoms with E-state index in [4.69, 9.17) is 14.9 Å². The molecule has 1 aromatic heterocycles. The highest BCUT2D eigenvalue weighted by atomic mass is 16.5. The van der Waals surface area contributed by atoms with Gasteiger partial charge in [-0.1, -0.05) is 0 Å². The van der Waals surface area contributed by atoms with Gasteiger partial charge < -0.3 is 20.2 Å². The van der Waals surface area contributed by atoms with Crippen LogP contribution in [0.3, 0.4) is 0 Å². The molecule has 0 aliphatic carbocycles. The largest absolute Gasteiger partial charge is 0.467 e. The number of methoxy groups -OCH3 is 1. The Morgan fingerprint density at radius 2 is 2.53 bits per heavy atom. The lowest BCUT2D eigenvalue weighted by Gasteiger charge is -2.11. The van der Waals surface area contributed by atoms with Crippen molar-refractivity contribution < 1.29 is 13.9 Å². The fourth-order valence-corrected chi connectivity index (χ4v) is 1.14. The quantitative estimate of drug-likeness (QED) is 0.709. The zero-order valence-corrected chi connectivity index (χ0v) is 8.73. The van der Waals surface area contributed by atoms with Crippen molar-refractivity contribution >= 4 is 5.91 Å². The maximum atomic E-state index is 11.4. The summed E-state index contributed by atoms with van der Waals surface area (Å²) < 4.78 is 10.1. The summed E-state index contributed by atoms with van der Waals surface area (Å²) in [6, 6.07) is 3.58. The number of ether oxygens (including phenoxy) is 1. The fraction of sp³-hybridized carbons (Fsp3) is 0.500. The van der Waals surface area contributed by atoms with Crippen molar-refractivity contribution in [1.82, 2.24) is 5.32 Å². The van der Waals surface area contributed by atoms with E-state index >= 15 is 0 Å². The first-order valence-corrected chi connectivity index (χ1v) is 4.78. The van der Waals surface area contributed by atoms with Gasteiger partial charge in [0.05, 0.1) is 25.3 Å². The number of nitrogens with one attached hydrogen (secondary N) is 1. The van der Waals surface area contributed by atoms with Crippen LogP contribution in [0.5, 0.6) is 0 Å². The molecular formula is C10H16N2O3. The Bertz CT molecular complexity index is 281. The number of amides is 1. The van der Waals surface area contributed by atoms with Crippen LogP contribution in [0.25, 0.3) is 0 Å². The molecule has 5 heteroatoms. The zero-order chi connectivity index (χ0) is 11.1. The van der Waals surface area contributed by atoms with Crippen molar-refractivity contribution in [2.24, 2.45) is 5.73 Å². The van der Waals surface area contributed by atoms with Crippen molar-refractivity contribution in [3.8, 4) is 0 Å². The molecule has 0 bridgehead atoms. The van der Waals surface area contributed by atoms with Gasteiger partial charge in [0.1, 0.15) is 5.76 Å². The van der Waals surface area contributed by atoms with E-state index in [2.05, 4.69) is 5.32 Å². The second-order valence-corrected chi connectivity index (χ2v) is 3.15. The summed E-state index contributed by atoms with van der Waals surface area (Å²) in [5.41, 5.74) is 5.40. The van der Waals surface area contributed by atoms with E-state index in [-0.39, 0.29) is 18.4 Å². The van der Waals surface area contributed by atoms with Gasteiger partial charge in [-0.3, -0.25) is 4.79 Å². The van der Waals surface area contributed by atoms with Crippen LogP contribution in [0, 0.1) is 0 Å². The van der Waals surface area contributed by atoms with Gasteiger partial charge in [-0.25, -0.2) is 0 Å². The summed E-state index contributed by atoms with van der Waals surface area (Å²) in [5.74, 6) is 0.633. The molecule has 1 heterocycles. The van der Waals surface area contributed by atoms with Gasteiger partial charge in [0.2, 0.25) is 5.91 Å². The van der Waals surface area contributed by atoms with Gasteiger partial charge >= 0.3 is 0 Å². The molecule has 3 N–H and O–H groups in total. The predicted molar refractivity (Wildman–Crippen MR) is 55.0 cm³/mol. The second kappa shape index (κ2) is 6.21. The molecule has 1 aromatic rings. The predicted octanol–water partition coefficient (Wildman–Crippen LogP) is 0.260. The minimum absolute atomic E-state index is 0.0938. The van der Waals surface area contributed by atoms with Crippen molar-refractivity contribution in [3.63, 3.8) is 0 Å². The molecule has 15 heavy (non-hydrogen) atoms. The number of carbonyl (C=O) groups excluding carboxylic acids is 1. The average molecular weight is 212 g/mol. The van der Waals surface area contributed by atoms with Gasteiger partial charge in [0, 0.05) is 13.7 Å². The molecule has 1 amide bonds. The summed E-state index contributed by atoms with van der Waals surface area (Å²) >= 11 is 0. The fourth-order valence-electron chi connectivity index (χ4n) is 1.14. The van der Waals surface area contributed by atoms with Crippen LogP contribution in [-0.2, 0) is 16.1 Å². The highest BCUT2D eigenvalue weighted by molar-refractivity contribution is 5.76. The summed E-state index contributed by atoms with van der Waals surface area (Å²) in [7, 11) is 1.54. The Morgan fingerprint density at radius 1 is 1.73 bits per heavy atom. The number of hydrogen-bond acceptors (Lipinski definition) is 4. The van der Waals surface area contributed by atoms with Gasteiger partial charge in [-0.15, -0.1) is 0 Å². The van der Waals surface area contributed by atoms with E-state index in [1.165, 1.54) is 7.11 Å². The molecule has 0 spiro atoms. The maximum Gasteiger partial charge on any atom is 0.223 e. The van der Waals surface area contributed by atoms with Crippen molar-refractivity contribution in [1.29, 1.82) is 0 Å². The first kappa shape index (κ1) is 11.7. The van der Waals surface area contributed by atoms with E-state index in [1.54, 1.807) is 18.4 Å². The molecule has 1 rings (SSSR count). The molecule has 0 aliphatic heterocycles. The molecule has 0 aromatic carbocycles. The Morgan fingerprint density at radius 3 is 3.07 bits per heavy atom. The van der Waals surface area contributed by atoms with Crippen LogP contribution >= 0.6 is 0 Å². The molecule has 0 saturated heterocycles. The molecular weight excluding hydrogens is 196 g/mol. The van der Waals surface area contributed by atoms with E-state index in [9.17, 15) is 4.79 Å². The molecule has 0 saturated carbocycles. The Hall–Kier alpha value is -1.33. The molecule has 1 unspecified atom stereocenters. The lowest BCUT2D eigenvalue weighted by atomic mass is 10.2. The van der Waals surface area contributed by atoms with Gasteiger partial charge in [-0.05, 0) is 12.1 Å². The Labute approximate surface area is 88.6 Å². The van der Waals surface area contributed by atoms with Crippen LogP contribution in [-0.4, -0.2) is 25.7 Å². The van der Waals surface area contributed by atoms with Gasteiger partial charge in [0.25, 0.3) is 0 Å². The molecule has 0 fully saturated rings. The number of rotatable bonds is 6. The van der Waals surface area contributed by atoms with Crippen molar-refractivity contribution in [2.75, 3.05) is 13.7 Å². The standard InChI is InChI=1S/C10H16N2O3/c1-14-9(6-11)5-10(13)12-7-8-3-2-4-15-8/h2-4,9H,5-7,11H2,1H3,(H,12,13). The number of nitrogens with two attached hydrogens (primary N) is 1. The maximum absolute atomic E-state index is 11.4. The van der Waals surface area contributed by atoms with Crippen LogP contribution in [0.4, 0.5) is 0 Å². The van der Waals surface area contributed by atoms with E-state index in [0.717, 1.165) is 5.76 Å². The average Bonchev–Trinajstić information content (AvgIpc) is 2.75. The molecule has 1 atom stereocenters. The minimum Gasteiger partial charge on any atom is -0.467 e. The van der Waals surface area contributed by atoms with Gasteiger partial charge in [0.15, 0.2) is 0 Å². The summed E-state index contributed by atoms with van der Waals surface area (Å²) in [6.45, 7) is 0.734. The summed E-state index contributed by atoms with van der Waals surface area (Å²) in [5, 5.41) is 2.72. The third-order valence-electron chi connectivity index (χ3n) is 2.05. The van der Waals surface area contributed by atoms with E-state index in [1.807, 2.05) is 0 Å². The number of furan rings is 1. The lowest BCUT2D eigenvalue weighted by Crippen LogP contribution is -2.31. The number of carbonyl (C=O) groups is 1. The molecule has 84 valence electrons. The van der Waals surface area contributed by atoms with Crippen molar-refractivity contribution in [3.05, 3.63) is 24.2 Å². The molecule has 0 radical (unpaired) electrons. The lowest BCUT2D eigenvalue weighted by molar-refractivity contribution is -0.123. The highest BCUT2D eigenvalue weighted by Crippen LogP contribution is 2.00. The zero-order valence-electron chi connectivity index (χ0n) is 8.73. The second-order valence-electron chi connectivity index (χ2n) is 3.15. The summed E-state index contributed by atoms with van der Waals surface area (Å²) in [6.07, 6.45) is 1.62. The molecule has 5 nitrogen and oxygen atoms in total. The Balaban J connectivity index is 2.24. The molecule has 0 aliphatic rings. The van der Waals surface area contributed by atoms with Crippen molar-refractivity contribution in [2.45, 2.75) is 19.1 Å². The highest BCUT2D eigenvalue weighted by Gasteiger charge is 2.11. The van der Waals surface area contributed by atoms with Gasteiger partial charge in [-0.2, -0.15) is 0 Å². The minimum atomic E-state index is -0.221. The Kier molecular flexibility index (Phi) is 4.86. The monoisotopic (exact) mass is 212 g/mol. The van der Waals surface area contributed by atoms with Crippen LogP contribution in [0.15, 0.2) is 22.8 Å². The first-order chi connectivity index (χ1) is 7.26. The number of hydrogen-bond donors (Lipinski definition) is 2. The van der Waals surface area contributed by atoms with E-state index in [0.29, 0.717) is 13.1 Å².